The molecule has 1 heterocycles. The van der Waals surface area contributed by atoms with Gasteiger partial charge < -0.3 is 18.8 Å². The van der Waals surface area contributed by atoms with Crippen molar-refractivity contribution in [1.82, 2.24) is 4.58 Å². The zero-order valence-electron chi connectivity index (χ0n) is 36.5. The van der Waals surface area contributed by atoms with Crippen molar-refractivity contribution in [2.24, 2.45) is 5.41 Å². The van der Waals surface area contributed by atoms with Crippen molar-refractivity contribution in [3.8, 4) is 22.5 Å². The lowest BCUT2D eigenvalue weighted by molar-refractivity contribution is -0.155. The van der Waals surface area contributed by atoms with Crippen molar-refractivity contribution >= 4 is 40.0 Å². The molecule has 0 atom stereocenters. The SMILES string of the molecule is CCCCN(c1ccc2c(-c3ccccc3C(=O)OCCOC(=O)C(C)(C)CC)c3cc/c(=[N+](/CCCC)c4c(C)cccc4C)cc-3oc2c1)c1c(C)cccc1C. The topological polar surface area (TPSA) is 72.0 Å². The minimum atomic E-state index is -0.603. The van der Waals surface area contributed by atoms with Crippen LogP contribution in [0.3, 0.4) is 0 Å². The van der Waals surface area contributed by atoms with Gasteiger partial charge >= 0.3 is 11.9 Å². The number of esters is 2. The molecule has 2 aliphatic rings. The number of aryl methyl sites for hydroxylation is 4. The van der Waals surface area contributed by atoms with E-state index in [0.29, 0.717) is 12.0 Å². The second kappa shape index (κ2) is 18.9. The van der Waals surface area contributed by atoms with Gasteiger partial charge in [0.25, 0.3) is 0 Å². The molecule has 0 aromatic heterocycles. The first-order valence-corrected chi connectivity index (χ1v) is 21.3. The van der Waals surface area contributed by atoms with Crippen molar-refractivity contribution in [3.63, 3.8) is 0 Å². The number of benzene rings is 5. The molecule has 0 saturated carbocycles. The van der Waals surface area contributed by atoms with Gasteiger partial charge in [-0.2, -0.15) is 4.58 Å². The van der Waals surface area contributed by atoms with Gasteiger partial charge in [-0.25, -0.2) is 4.79 Å². The number of nitrogens with zero attached hydrogens (tertiary/aromatic N) is 2. The van der Waals surface area contributed by atoms with Crippen molar-refractivity contribution < 1.29 is 23.5 Å². The lowest BCUT2D eigenvalue weighted by Gasteiger charge is -2.29. The summed E-state index contributed by atoms with van der Waals surface area (Å²) >= 11 is 0. The number of hydrogen-bond acceptors (Lipinski definition) is 6. The van der Waals surface area contributed by atoms with E-state index in [0.717, 1.165) is 83.2 Å². The number of carbonyl (C=O) groups excluding carboxylic acids is 2. The quantitative estimate of drug-likeness (QED) is 0.0421. The molecule has 0 spiro atoms. The molecule has 0 N–H and O–H groups in total. The third-order valence-corrected chi connectivity index (χ3v) is 11.6. The van der Waals surface area contributed by atoms with Crippen LogP contribution in [0.25, 0.3) is 33.4 Å². The molecule has 59 heavy (non-hydrogen) atoms. The molecule has 0 bridgehead atoms. The normalized spacial score (nSPS) is 12.2. The zero-order chi connectivity index (χ0) is 42.3. The maximum Gasteiger partial charge on any atom is 0.338 e. The fourth-order valence-corrected chi connectivity index (χ4v) is 7.89. The predicted octanol–water partition coefficient (Wildman–Crippen LogP) is 12.4. The van der Waals surface area contributed by atoms with Crippen molar-refractivity contribution in [2.75, 3.05) is 31.2 Å². The van der Waals surface area contributed by atoms with E-state index in [4.69, 9.17) is 13.9 Å². The van der Waals surface area contributed by atoms with E-state index in [-0.39, 0.29) is 19.2 Å². The number of carbonyl (C=O) groups is 2. The van der Waals surface area contributed by atoms with E-state index >= 15 is 0 Å². The lowest BCUT2D eigenvalue weighted by atomic mass is 9.90. The van der Waals surface area contributed by atoms with Crippen LogP contribution in [0.5, 0.6) is 0 Å². The van der Waals surface area contributed by atoms with Gasteiger partial charge in [-0.15, -0.1) is 0 Å². The number of para-hydroxylation sites is 2. The molecule has 4 aromatic rings. The second-order valence-corrected chi connectivity index (χ2v) is 16.4. The maximum atomic E-state index is 13.9. The largest absolute Gasteiger partial charge is 0.462 e. The first-order valence-electron chi connectivity index (χ1n) is 21.3. The van der Waals surface area contributed by atoms with Crippen molar-refractivity contribution in [2.45, 2.75) is 94.4 Å². The summed E-state index contributed by atoms with van der Waals surface area (Å²) in [5, 5.41) is 1.93. The van der Waals surface area contributed by atoms with E-state index in [1.165, 1.54) is 33.6 Å². The summed E-state index contributed by atoms with van der Waals surface area (Å²) in [6, 6.07) is 33.4. The third kappa shape index (κ3) is 9.30. The van der Waals surface area contributed by atoms with E-state index in [1.807, 2.05) is 39.0 Å². The standard InChI is InChI=1S/C52H61N2O5/c1-10-13-29-53(48-35(4)19-17-20-36(48)5)39-25-27-43-45(33-39)59-46-34-40(54(30-14-11-2)49-37(6)21-18-22-38(49)7)26-28-44(46)47(43)41-23-15-16-24-42(41)50(55)57-31-32-58-51(56)52(8,9)12-3/h15-28,33-34H,10-14,29-32H2,1-9H3/q+1. The highest BCUT2D eigenvalue weighted by molar-refractivity contribution is 6.08. The molecule has 1 aliphatic carbocycles. The van der Waals surface area contributed by atoms with Crippen LogP contribution in [0.15, 0.2) is 101 Å². The summed E-state index contributed by atoms with van der Waals surface area (Å²) in [5.41, 5.74) is 11.4. The monoisotopic (exact) mass is 793 g/mol. The fourth-order valence-electron chi connectivity index (χ4n) is 7.89. The molecule has 0 fully saturated rings. The number of rotatable bonds is 16. The van der Waals surface area contributed by atoms with Gasteiger partial charge in [-0.1, -0.05) is 88.2 Å². The molecule has 0 unspecified atom stereocenters. The molecule has 1 aliphatic heterocycles. The Morgan fingerprint density at radius 1 is 0.712 bits per heavy atom. The van der Waals surface area contributed by atoms with Gasteiger partial charge in [0.1, 0.15) is 31.1 Å². The minimum absolute atomic E-state index is 0.0123. The highest BCUT2D eigenvalue weighted by atomic mass is 16.6. The molecule has 0 radical (unpaired) electrons. The van der Waals surface area contributed by atoms with Gasteiger partial charge in [0, 0.05) is 64.1 Å². The Morgan fingerprint density at radius 3 is 2.05 bits per heavy atom. The molecular formula is C52H61N2O5+. The van der Waals surface area contributed by atoms with Crippen LogP contribution < -0.4 is 14.8 Å². The van der Waals surface area contributed by atoms with E-state index in [9.17, 15) is 9.59 Å². The number of fused-ring (bicyclic) bond motifs is 2. The molecule has 7 nitrogen and oxygen atoms in total. The average Bonchev–Trinajstić information content (AvgIpc) is 3.23. The number of anilines is 2. The van der Waals surface area contributed by atoms with Crippen LogP contribution in [0.1, 0.15) is 99.3 Å². The smallest absolute Gasteiger partial charge is 0.338 e. The molecule has 4 aromatic carbocycles. The average molecular weight is 794 g/mol. The fraction of sp³-hybridized carbons (Fsp3) is 0.365. The van der Waals surface area contributed by atoms with E-state index in [1.54, 1.807) is 6.07 Å². The van der Waals surface area contributed by atoms with E-state index < -0.39 is 11.4 Å². The summed E-state index contributed by atoms with van der Waals surface area (Å²) in [7, 11) is 0. The molecule has 0 amide bonds. The second-order valence-electron chi connectivity index (χ2n) is 16.4. The predicted molar refractivity (Wildman–Crippen MR) is 242 cm³/mol. The van der Waals surface area contributed by atoms with Crippen LogP contribution in [0.2, 0.25) is 0 Å². The minimum Gasteiger partial charge on any atom is -0.462 e. The number of ether oxygens (including phenoxy) is 2. The van der Waals surface area contributed by atoms with Crippen LogP contribution in [-0.2, 0) is 14.3 Å². The Morgan fingerprint density at radius 2 is 1.37 bits per heavy atom. The number of unbranched alkanes of at least 4 members (excludes halogenated alkanes) is 2. The summed E-state index contributed by atoms with van der Waals surface area (Å²) < 4.78 is 20.7. The van der Waals surface area contributed by atoms with Crippen molar-refractivity contribution in [1.29, 1.82) is 0 Å². The molecule has 7 heteroatoms. The Labute approximate surface area is 350 Å². The van der Waals surface area contributed by atoms with Crippen LogP contribution >= 0.6 is 0 Å². The maximum absolute atomic E-state index is 13.9. The summed E-state index contributed by atoms with van der Waals surface area (Å²) in [4.78, 5) is 28.9. The van der Waals surface area contributed by atoms with E-state index in [2.05, 4.69) is 124 Å². The van der Waals surface area contributed by atoms with Crippen molar-refractivity contribution in [3.05, 3.63) is 130 Å². The Bertz CT molecular complexity index is 2450. The summed E-state index contributed by atoms with van der Waals surface area (Å²) in [6.45, 7) is 20.4. The van der Waals surface area contributed by atoms with Crippen LogP contribution in [-0.4, -0.2) is 38.2 Å². The third-order valence-electron chi connectivity index (χ3n) is 11.6. The van der Waals surface area contributed by atoms with Gasteiger partial charge in [-0.05, 0) is 95.3 Å². The van der Waals surface area contributed by atoms with Gasteiger partial charge in [0.15, 0.2) is 0 Å². The Kier molecular flexibility index (Phi) is 13.8. The molecular weight excluding hydrogens is 733 g/mol. The zero-order valence-corrected chi connectivity index (χ0v) is 36.5. The number of hydrogen-bond donors (Lipinski definition) is 0. The Hall–Kier alpha value is -5.69. The lowest BCUT2D eigenvalue weighted by Crippen LogP contribution is -2.28. The molecule has 308 valence electrons. The van der Waals surface area contributed by atoms with Crippen LogP contribution in [0, 0.1) is 33.1 Å². The highest BCUT2D eigenvalue weighted by Crippen LogP contribution is 2.43. The van der Waals surface area contributed by atoms with Crippen LogP contribution in [0.4, 0.5) is 17.1 Å². The Balaban J connectivity index is 1.56. The first-order chi connectivity index (χ1) is 28.4. The summed E-state index contributed by atoms with van der Waals surface area (Å²) in [5.74, 6) is -0.0724. The first kappa shape index (κ1) is 42.9. The highest BCUT2D eigenvalue weighted by Gasteiger charge is 2.28. The molecule has 6 rings (SSSR count). The van der Waals surface area contributed by atoms with Gasteiger partial charge in [0.05, 0.1) is 17.0 Å². The van der Waals surface area contributed by atoms with Gasteiger partial charge in [0.2, 0.25) is 11.0 Å². The van der Waals surface area contributed by atoms with Gasteiger partial charge in [-0.3, -0.25) is 4.79 Å². The molecule has 0 saturated heterocycles. The summed E-state index contributed by atoms with van der Waals surface area (Å²) in [6.07, 6.45) is 4.85.